The summed E-state index contributed by atoms with van der Waals surface area (Å²) in [5, 5.41) is 0. The van der Waals surface area contributed by atoms with Gasteiger partial charge in [-0.15, -0.1) is 39.5 Å². The highest BCUT2D eigenvalue weighted by Crippen LogP contribution is 2.34. The Bertz CT molecular complexity index is 214. The van der Waals surface area contributed by atoms with Crippen LogP contribution < -0.4 is 0 Å². The van der Waals surface area contributed by atoms with Gasteiger partial charge in [0.05, 0.1) is 0 Å². The zero-order valence-corrected chi connectivity index (χ0v) is 8.63. The molecule has 0 aromatic carbocycles. The van der Waals surface area contributed by atoms with E-state index in [0.29, 0.717) is 0 Å². The fourth-order valence-electron chi connectivity index (χ4n) is 0.693. The Morgan fingerprint density at radius 3 is 0.882 bits per heavy atom. The van der Waals surface area contributed by atoms with Gasteiger partial charge in [-0.1, -0.05) is 0 Å². The van der Waals surface area contributed by atoms with Crippen molar-refractivity contribution < 1.29 is 52.8 Å². The van der Waals surface area contributed by atoms with Crippen molar-refractivity contribution in [2.75, 3.05) is 0 Å². The van der Waals surface area contributed by atoms with Crippen LogP contribution in [0.5, 0.6) is 0 Å². The Morgan fingerprint density at radius 2 is 0.765 bits per heavy atom. The summed E-state index contributed by atoms with van der Waals surface area (Å²) in [5.41, 5.74) is 0. The first-order valence-electron chi connectivity index (χ1n) is 3.43. The van der Waals surface area contributed by atoms with E-state index in [0.717, 1.165) is 0 Å². The highest BCUT2D eigenvalue weighted by Gasteiger charge is 2.58. The molecule has 0 aromatic heterocycles. The number of hydrogen-bond donors (Lipinski definition) is 0. The Kier molecular flexibility index (Phi) is 4.48. The van der Waals surface area contributed by atoms with Crippen LogP contribution in [0, 0.1) is 0 Å². The Balaban J connectivity index is 4.95. The molecule has 0 atom stereocenters. The van der Waals surface area contributed by atoms with Crippen molar-refractivity contribution in [3.05, 3.63) is 0 Å². The second kappa shape index (κ2) is 4.62. The predicted molar refractivity (Wildman–Crippen MR) is 33.0 cm³/mol. The van der Waals surface area contributed by atoms with Gasteiger partial charge >= 0.3 is 27.9 Å². The van der Waals surface area contributed by atoms with Gasteiger partial charge in [0.25, 0.3) is 0 Å². The predicted octanol–water partition coefficient (Wildman–Crippen LogP) is 3.16. The molecule has 0 spiro atoms. The minimum absolute atomic E-state index is 0.193. The highest BCUT2D eigenvalue weighted by molar-refractivity contribution is 6.59. The Hall–Kier alpha value is -0.533. The lowest BCUT2D eigenvalue weighted by Crippen LogP contribution is -2.52. The minimum Gasteiger partial charge on any atom is -0.284 e. The van der Waals surface area contributed by atoms with Crippen LogP contribution in [0.15, 0.2) is 0 Å². The van der Waals surface area contributed by atoms with E-state index in [4.69, 9.17) is 0 Å². The van der Waals surface area contributed by atoms with E-state index in [-0.39, 0.29) is 6.55 Å². The molecule has 0 aromatic rings. The molecule has 0 aliphatic rings. The number of hydrogen-bond acceptors (Lipinski definition) is 3. The lowest BCUT2D eigenvalue weighted by molar-refractivity contribution is -0.364. The summed E-state index contributed by atoms with van der Waals surface area (Å²) in [6.45, 7) is -0.193. The molecule has 0 unspecified atom stereocenters. The molecule has 17 heavy (non-hydrogen) atoms. The van der Waals surface area contributed by atoms with E-state index in [2.05, 4.69) is 13.3 Å². The first kappa shape index (κ1) is 16.5. The van der Waals surface area contributed by atoms with Crippen LogP contribution in [-0.4, -0.2) is 27.9 Å². The van der Waals surface area contributed by atoms with Crippen molar-refractivity contribution in [3.63, 3.8) is 0 Å². The van der Waals surface area contributed by atoms with Crippen LogP contribution in [0.4, 0.5) is 39.5 Å². The molecular formula is C4H3F9O3Si. The van der Waals surface area contributed by atoms with E-state index < -0.39 is 27.9 Å². The van der Waals surface area contributed by atoms with Gasteiger partial charge in [0.1, 0.15) is 0 Å². The largest absolute Gasteiger partial charge is 0.516 e. The van der Waals surface area contributed by atoms with Crippen LogP contribution in [-0.2, 0) is 13.3 Å². The molecule has 0 saturated heterocycles. The molecule has 3 nitrogen and oxygen atoms in total. The molecule has 0 heterocycles. The second-order valence-corrected chi connectivity index (χ2v) is 4.84. The molecule has 0 bridgehead atoms. The third kappa shape index (κ3) is 9.19. The maximum absolute atomic E-state index is 11.6. The summed E-state index contributed by atoms with van der Waals surface area (Å²) >= 11 is 0. The van der Waals surface area contributed by atoms with Crippen LogP contribution in [0.2, 0.25) is 6.55 Å². The zero-order valence-electron chi connectivity index (χ0n) is 7.63. The Morgan fingerprint density at radius 1 is 0.588 bits per heavy atom. The molecule has 0 radical (unpaired) electrons. The Labute approximate surface area is 88.4 Å². The zero-order chi connectivity index (χ0) is 14.1. The van der Waals surface area contributed by atoms with E-state index >= 15 is 0 Å². The molecule has 0 saturated carbocycles. The van der Waals surface area contributed by atoms with E-state index in [9.17, 15) is 39.5 Å². The van der Waals surface area contributed by atoms with Crippen LogP contribution in [0.25, 0.3) is 0 Å². The van der Waals surface area contributed by atoms with Gasteiger partial charge in [0.2, 0.25) is 0 Å². The molecule has 104 valence electrons. The van der Waals surface area contributed by atoms with E-state index in [1.165, 1.54) is 0 Å². The molecule has 13 heteroatoms. The second-order valence-electron chi connectivity index (χ2n) is 2.51. The van der Waals surface area contributed by atoms with Crippen molar-refractivity contribution in [2.45, 2.75) is 25.6 Å². The van der Waals surface area contributed by atoms with Crippen LogP contribution in [0.3, 0.4) is 0 Å². The van der Waals surface area contributed by atoms with Crippen LogP contribution in [0.1, 0.15) is 0 Å². The van der Waals surface area contributed by atoms with Gasteiger partial charge in [0, 0.05) is 6.55 Å². The summed E-state index contributed by atoms with van der Waals surface area (Å²) in [7, 11) is -6.03. The average molecular weight is 298 g/mol. The molecule has 0 aliphatic carbocycles. The number of rotatable bonds is 3. The van der Waals surface area contributed by atoms with Crippen molar-refractivity contribution in [3.8, 4) is 0 Å². The maximum Gasteiger partial charge on any atom is 0.516 e. The lowest BCUT2D eigenvalue weighted by atomic mass is 11.4. The average Bonchev–Trinajstić information content (AvgIpc) is 1.65. The van der Waals surface area contributed by atoms with Gasteiger partial charge < -0.3 is 0 Å². The van der Waals surface area contributed by atoms with Crippen molar-refractivity contribution in [1.29, 1.82) is 0 Å². The normalized spacial score (nSPS) is 15.2. The fraction of sp³-hybridized carbons (Fsp3) is 1.00. The first-order chi connectivity index (χ1) is 7.12. The topological polar surface area (TPSA) is 27.7 Å². The number of halogens is 9. The summed E-state index contributed by atoms with van der Waals surface area (Å²) < 4.78 is 112. The van der Waals surface area contributed by atoms with Gasteiger partial charge in [-0.25, -0.2) is 0 Å². The smallest absolute Gasteiger partial charge is 0.284 e. The molecule has 0 fully saturated rings. The summed E-state index contributed by atoms with van der Waals surface area (Å²) in [5.74, 6) is 0. The maximum atomic E-state index is 11.6. The van der Waals surface area contributed by atoms with Gasteiger partial charge in [-0.3, -0.25) is 13.3 Å². The summed E-state index contributed by atoms with van der Waals surface area (Å²) in [4.78, 5) is 0. The monoisotopic (exact) mass is 298 g/mol. The summed E-state index contributed by atoms with van der Waals surface area (Å²) in [6, 6.07) is 0. The summed E-state index contributed by atoms with van der Waals surface area (Å²) in [6.07, 6.45) is -17.3. The third-order valence-corrected chi connectivity index (χ3v) is 2.71. The van der Waals surface area contributed by atoms with E-state index in [1.807, 2.05) is 0 Å². The van der Waals surface area contributed by atoms with Crippen molar-refractivity contribution in [1.82, 2.24) is 0 Å². The molecule has 0 rings (SSSR count). The number of alkyl halides is 9. The van der Waals surface area contributed by atoms with Crippen LogP contribution >= 0.6 is 0 Å². The SMILES string of the molecule is C[Si](OC(F)(F)F)(OC(F)(F)F)OC(F)(F)F. The fourth-order valence-corrected chi connectivity index (χ4v) is 2.08. The van der Waals surface area contributed by atoms with Crippen molar-refractivity contribution in [2.24, 2.45) is 0 Å². The minimum atomic E-state index is -6.03. The molecule has 0 amide bonds. The molecular weight excluding hydrogens is 295 g/mol. The van der Waals surface area contributed by atoms with Gasteiger partial charge in [0.15, 0.2) is 0 Å². The molecule has 0 aliphatic heterocycles. The highest BCUT2D eigenvalue weighted by atomic mass is 28.4. The van der Waals surface area contributed by atoms with E-state index in [1.54, 1.807) is 0 Å². The van der Waals surface area contributed by atoms with Crippen molar-refractivity contribution >= 4 is 8.80 Å². The van der Waals surface area contributed by atoms with Gasteiger partial charge in [-0.05, 0) is 0 Å². The quantitative estimate of drug-likeness (QED) is 0.591. The first-order valence-corrected chi connectivity index (χ1v) is 5.65. The molecule has 0 N–H and O–H groups in total. The standard InChI is InChI=1S/C4H3F9O3Si/c1-17(14-2(5,6)7,15-3(8,9)10)16-4(11,12)13/h1H3. The third-order valence-electron chi connectivity index (χ3n) is 0.903. The van der Waals surface area contributed by atoms with Gasteiger partial charge in [-0.2, -0.15) is 0 Å². The lowest BCUT2D eigenvalue weighted by Gasteiger charge is -2.28.